The summed E-state index contributed by atoms with van der Waals surface area (Å²) in [7, 11) is 0. The van der Waals surface area contributed by atoms with Crippen molar-refractivity contribution >= 4 is 59.3 Å². The van der Waals surface area contributed by atoms with E-state index in [-0.39, 0.29) is 0 Å². The Bertz CT molecular complexity index is 2180. The first-order chi connectivity index (χ1) is 20.8. The van der Waals surface area contributed by atoms with Gasteiger partial charge in [0.05, 0.1) is 10.4 Å². The molecule has 198 valence electrons. The molecule has 1 nitrogen and oxygen atoms in total. The molecular formula is C40H27NS. The summed E-state index contributed by atoms with van der Waals surface area (Å²) in [5, 5.41) is 5.19. The van der Waals surface area contributed by atoms with Crippen molar-refractivity contribution in [2.75, 3.05) is 4.90 Å². The van der Waals surface area contributed by atoms with Gasteiger partial charge >= 0.3 is 0 Å². The molecule has 0 saturated carbocycles. The third kappa shape index (κ3) is 4.16. The lowest BCUT2D eigenvalue weighted by molar-refractivity contribution is 1.30. The van der Waals surface area contributed by atoms with Crippen LogP contribution >= 0.6 is 11.3 Å². The van der Waals surface area contributed by atoms with E-state index in [1.165, 1.54) is 58.9 Å². The zero-order valence-corrected chi connectivity index (χ0v) is 23.8. The van der Waals surface area contributed by atoms with Crippen molar-refractivity contribution in [2.45, 2.75) is 0 Å². The van der Waals surface area contributed by atoms with E-state index >= 15 is 0 Å². The zero-order chi connectivity index (χ0) is 27.9. The Balaban J connectivity index is 1.40. The highest BCUT2D eigenvalue weighted by atomic mass is 32.1. The van der Waals surface area contributed by atoms with E-state index in [2.05, 4.69) is 169 Å². The lowest BCUT2D eigenvalue weighted by Gasteiger charge is -2.26. The molecule has 0 unspecified atom stereocenters. The Morgan fingerprint density at radius 3 is 1.67 bits per heavy atom. The van der Waals surface area contributed by atoms with Crippen LogP contribution in [-0.2, 0) is 0 Å². The molecule has 8 aromatic rings. The van der Waals surface area contributed by atoms with Crippen molar-refractivity contribution < 1.29 is 0 Å². The van der Waals surface area contributed by atoms with Gasteiger partial charge in [0.15, 0.2) is 0 Å². The fourth-order valence-electron chi connectivity index (χ4n) is 6.10. The summed E-state index contributed by atoms with van der Waals surface area (Å²) in [5.74, 6) is 0. The SMILES string of the molecule is c1ccc(-c2cccc(N(c3ccccc3)c3cccc4c3sc3c5ccccc5c(-c5ccccc5)cc43)c2)cc1. The van der Waals surface area contributed by atoms with Gasteiger partial charge in [0.1, 0.15) is 0 Å². The first-order valence-corrected chi connectivity index (χ1v) is 15.1. The van der Waals surface area contributed by atoms with Crippen molar-refractivity contribution in [3.05, 3.63) is 164 Å². The van der Waals surface area contributed by atoms with Gasteiger partial charge in [-0.2, -0.15) is 0 Å². The maximum Gasteiger partial charge on any atom is 0.0640 e. The zero-order valence-electron chi connectivity index (χ0n) is 22.9. The predicted octanol–water partition coefficient (Wildman–Crippen LogP) is 12.0. The highest BCUT2D eigenvalue weighted by Gasteiger charge is 2.20. The Morgan fingerprint density at radius 2 is 0.905 bits per heavy atom. The van der Waals surface area contributed by atoms with Crippen molar-refractivity contribution in [3.8, 4) is 22.3 Å². The predicted molar refractivity (Wildman–Crippen MR) is 182 cm³/mol. The average molecular weight is 554 g/mol. The molecule has 0 atom stereocenters. The molecule has 0 aliphatic heterocycles. The largest absolute Gasteiger partial charge is 0.309 e. The molecule has 0 spiro atoms. The Kier molecular flexibility index (Phi) is 6.05. The van der Waals surface area contributed by atoms with E-state index in [1.807, 2.05) is 11.3 Å². The van der Waals surface area contributed by atoms with E-state index < -0.39 is 0 Å². The molecule has 0 aliphatic rings. The summed E-state index contributed by atoms with van der Waals surface area (Å²) < 4.78 is 2.62. The summed E-state index contributed by atoms with van der Waals surface area (Å²) in [6.45, 7) is 0. The van der Waals surface area contributed by atoms with Crippen LogP contribution in [0.25, 0.3) is 53.2 Å². The lowest BCUT2D eigenvalue weighted by Crippen LogP contribution is -2.10. The van der Waals surface area contributed by atoms with Crippen LogP contribution in [0, 0.1) is 0 Å². The maximum atomic E-state index is 2.41. The van der Waals surface area contributed by atoms with E-state index in [1.54, 1.807) is 0 Å². The molecule has 0 radical (unpaired) electrons. The first-order valence-electron chi connectivity index (χ1n) is 14.3. The summed E-state index contributed by atoms with van der Waals surface area (Å²) in [6.07, 6.45) is 0. The van der Waals surface area contributed by atoms with E-state index in [4.69, 9.17) is 0 Å². The Labute approximate surface area is 249 Å². The first kappa shape index (κ1) is 24.6. The summed E-state index contributed by atoms with van der Waals surface area (Å²) in [6, 6.07) is 59.0. The molecule has 0 N–H and O–H groups in total. The molecule has 42 heavy (non-hydrogen) atoms. The van der Waals surface area contributed by atoms with Gasteiger partial charge in [-0.05, 0) is 64.0 Å². The number of benzene rings is 7. The molecule has 8 rings (SSSR count). The minimum absolute atomic E-state index is 1.14. The second-order valence-electron chi connectivity index (χ2n) is 10.6. The van der Waals surface area contributed by atoms with Gasteiger partial charge < -0.3 is 4.90 Å². The molecule has 0 bridgehead atoms. The van der Waals surface area contributed by atoms with Crippen LogP contribution in [0.5, 0.6) is 0 Å². The molecule has 2 heteroatoms. The second kappa shape index (κ2) is 10.3. The third-order valence-electron chi connectivity index (χ3n) is 8.04. The number of hydrogen-bond donors (Lipinski definition) is 0. The summed E-state index contributed by atoms with van der Waals surface area (Å²) in [4.78, 5) is 2.41. The van der Waals surface area contributed by atoms with Crippen molar-refractivity contribution in [3.63, 3.8) is 0 Å². The quantitative estimate of drug-likeness (QED) is 0.205. The smallest absolute Gasteiger partial charge is 0.0640 e. The highest BCUT2D eigenvalue weighted by Crippen LogP contribution is 2.48. The number of nitrogens with zero attached hydrogens (tertiary/aromatic N) is 1. The molecule has 0 aliphatic carbocycles. The minimum Gasteiger partial charge on any atom is -0.309 e. The van der Waals surface area contributed by atoms with Gasteiger partial charge in [0.25, 0.3) is 0 Å². The summed E-state index contributed by atoms with van der Waals surface area (Å²) in [5.41, 5.74) is 8.41. The molecule has 1 aromatic heterocycles. The van der Waals surface area contributed by atoms with Crippen LogP contribution in [0.3, 0.4) is 0 Å². The number of para-hydroxylation sites is 1. The van der Waals surface area contributed by atoms with E-state index in [0.29, 0.717) is 0 Å². The van der Waals surface area contributed by atoms with Crippen molar-refractivity contribution in [1.29, 1.82) is 0 Å². The summed E-state index contributed by atoms with van der Waals surface area (Å²) >= 11 is 1.90. The van der Waals surface area contributed by atoms with Gasteiger partial charge in [-0.25, -0.2) is 0 Å². The fraction of sp³-hybridized carbons (Fsp3) is 0. The van der Waals surface area contributed by atoms with Crippen LogP contribution in [0.2, 0.25) is 0 Å². The van der Waals surface area contributed by atoms with Crippen molar-refractivity contribution in [2.24, 2.45) is 0 Å². The van der Waals surface area contributed by atoms with Gasteiger partial charge in [-0.1, -0.05) is 127 Å². The van der Waals surface area contributed by atoms with Gasteiger partial charge in [0.2, 0.25) is 0 Å². The number of anilines is 3. The van der Waals surface area contributed by atoms with Crippen LogP contribution < -0.4 is 4.90 Å². The molecule has 7 aromatic carbocycles. The van der Waals surface area contributed by atoms with Crippen LogP contribution in [0.15, 0.2) is 164 Å². The Morgan fingerprint density at radius 1 is 0.357 bits per heavy atom. The molecule has 0 saturated heterocycles. The van der Waals surface area contributed by atoms with E-state index in [0.717, 1.165) is 11.4 Å². The second-order valence-corrected chi connectivity index (χ2v) is 11.6. The monoisotopic (exact) mass is 553 g/mol. The lowest BCUT2D eigenvalue weighted by atomic mass is 9.95. The maximum absolute atomic E-state index is 2.41. The number of fused-ring (bicyclic) bond motifs is 5. The number of rotatable bonds is 5. The minimum atomic E-state index is 1.14. The fourth-order valence-corrected chi connectivity index (χ4v) is 7.42. The highest BCUT2D eigenvalue weighted by molar-refractivity contribution is 7.27. The van der Waals surface area contributed by atoms with Gasteiger partial charge in [0, 0.05) is 32.2 Å². The van der Waals surface area contributed by atoms with Gasteiger partial charge in [-0.15, -0.1) is 11.3 Å². The van der Waals surface area contributed by atoms with E-state index in [9.17, 15) is 0 Å². The number of hydrogen-bond acceptors (Lipinski definition) is 2. The Hall–Kier alpha value is -5.18. The molecule has 1 heterocycles. The van der Waals surface area contributed by atoms with Crippen molar-refractivity contribution in [1.82, 2.24) is 0 Å². The third-order valence-corrected chi connectivity index (χ3v) is 9.31. The van der Waals surface area contributed by atoms with Crippen LogP contribution in [-0.4, -0.2) is 0 Å². The molecule has 0 amide bonds. The van der Waals surface area contributed by atoms with Crippen LogP contribution in [0.4, 0.5) is 17.1 Å². The van der Waals surface area contributed by atoms with Gasteiger partial charge in [-0.3, -0.25) is 0 Å². The standard InChI is InChI=1S/C40H27NS/c1-4-14-28(15-5-1)30-18-12-21-32(26-30)41(31-19-8-3-9-20-31)38-25-13-24-35-37-27-36(29-16-6-2-7-17-29)33-22-10-11-23-34(33)39(37)42-40(35)38/h1-27H. The number of thiophene rings is 1. The molecular weight excluding hydrogens is 527 g/mol. The molecule has 0 fully saturated rings. The normalized spacial score (nSPS) is 11.3. The topological polar surface area (TPSA) is 3.24 Å². The average Bonchev–Trinajstić information content (AvgIpc) is 3.46. The van der Waals surface area contributed by atoms with Crippen LogP contribution in [0.1, 0.15) is 0 Å².